The summed E-state index contributed by atoms with van der Waals surface area (Å²) in [6, 6.07) is 1.97. The molecule has 0 aliphatic rings. The molecule has 0 saturated heterocycles. The number of hydrogen-bond donors (Lipinski definition) is 1. The predicted octanol–water partition coefficient (Wildman–Crippen LogP) is 2.08. The second-order valence-corrected chi connectivity index (χ2v) is 4.96. The fourth-order valence-corrected chi connectivity index (χ4v) is 2.48. The minimum absolute atomic E-state index is 0.816. The van der Waals surface area contributed by atoms with Crippen molar-refractivity contribution >= 4 is 28.2 Å². The van der Waals surface area contributed by atoms with Crippen molar-refractivity contribution < 1.29 is 0 Å². The summed E-state index contributed by atoms with van der Waals surface area (Å²) >= 11 is 1.67. The van der Waals surface area contributed by atoms with Crippen LogP contribution in [0.25, 0.3) is 11.0 Å². The van der Waals surface area contributed by atoms with E-state index in [4.69, 9.17) is 0 Å². The number of pyridine rings is 1. The quantitative estimate of drug-likeness (QED) is 0.779. The highest BCUT2D eigenvalue weighted by Crippen LogP contribution is 2.18. The van der Waals surface area contributed by atoms with Crippen LogP contribution in [-0.4, -0.2) is 26.1 Å². The van der Waals surface area contributed by atoms with E-state index in [0.29, 0.717) is 0 Å². The number of fused-ring (bicyclic) bond motifs is 1. The highest BCUT2D eigenvalue weighted by Gasteiger charge is 2.06. The van der Waals surface area contributed by atoms with E-state index in [1.54, 1.807) is 23.9 Å². The van der Waals surface area contributed by atoms with E-state index in [-0.39, 0.29) is 0 Å². The Morgan fingerprint density at radius 2 is 2.22 bits per heavy atom. The molecule has 0 aliphatic carbocycles. The number of rotatable bonds is 4. The van der Waals surface area contributed by atoms with Gasteiger partial charge in [0.1, 0.15) is 5.52 Å². The summed E-state index contributed by atoms with van der Waals surface area (Å²) in [5.74, 6) is 0.838. The summed E-state index contributed by atoms with van der Waals surface area (Å²) in [4.78, 5) is 12.9. The van der Waals surface area contributed by atoms with Gasteiger partial charge in [0.2, 0.25) is 0 Å². The predicted molar refractivity (Wildman–Crippen MR) is 72.8 cm³/mol. The first-order valence-corrected chi connectivity index (χ1v) is 6.61. The number of nitrogens with zero attached hydrogens (tertiary/aromatic N) is 4. The molecule has 6 heteroatoms. The number of aromatic nitrogens is 4. The van der Waals surface area contributed by atoms with Crippen LogP contribution in [0.1, 0.15) is 5.01 Å². The van der Waals surface area contributed by atoms with Gasteiger partial charge < -0.3 is 9.88 Å². The highest BCUT2D eigenvalue weighted by atomic mass is 32.1. The molecule has 0 atom stereocenters. The van der Waals surface area contributed by atoms with Crippen molar-refractivity contribution in [3.8, 4) is 0 Å². The molecule has 0 amide bonds. The van der Waals surface area contributed by atoms with Gasteiger partial charge in [-0.1, -0.05) is 0 Å². The van der Waals surface area contributed by atoms with Crippen LogP contribution in [0.5, 0.6) is 0 Å². The summed E-state index contributed by atoms with van der Waals surface area (Å²) in [5, 5.41) is 6.45. The van der Waals surface area contributed by atoms with Crippen LogP contribution in [0.4, 0.5) is 5.82 Å². The Kier molecular flexibility index (Phi) is 2.93. The molecule has 0 aromatic carbocycles. The van der Waals surface area contributed by atoms with Gasteiger partial charge in [0.05, 0.1) is 16.9 Å². The maximum atomic E-state index is 4.36. The molecule has 0 unspecified atom stereocenters. The largest absolute Gasteiger partial charge is 0.368 e. The molecule has 0 bridgehead atoms. The van der Waals surface area contributed by atoms with Gasteiger partial charge in [-0.2, -0.15) is 0 Å². The molecule has 1 N–H and O–H groups in total. The average Bonchev–Trinajstić information content (AvgIpc) is 3.01. The zero-order chi connectivity index (χ0) is 12.4. The summed E-state index contributed by atoms with van der Waals surface area (Å²) in [5.41, 5.74) is 2.00. The van der Waals surface area contributed by atoms with Crippen molar-refractivity contribution in [1.82, 2.24) is 19.5 Å². The lowest BCUT2D eigenvalue weighted by atomic mass is 10.3. The molecular formula is C12H13N5S. The van der Waals surface area contributed by atoms with Gasteiger partial charge >= 0.3 is 0 Å². The molecular weight excluding hydrogens is 246 g/mol. The van der Waals surface area contributed by atoms with Crippen molar-refractivity contribution in [3.63, 3.8) is 0 Å². The van der Waals surface area contributed by atoms with Crippen LogP contribution >= 0.6 is 11.3 Å². The van der Waals surface area contributed by atoms with E-state index in [0.717, 1.165) is 34.8 Å². The molecule has 0 fully saturated rings. The van der Waals surface area contributed by atoms with Crippen LogP contribution < -0.4 is 5.32 Å². The van der Waals surface area contributed by atoms with Crippen LogP contribution in [0.3, 0.4) is 0 Å². The summed E-state index contributed by atoms with van der Waals surface area (Å²) in [6.07, 6.45) is 6.34. The van der Waals surface area contributed by atoms with Gasteiger partial charge in [-0.15, -0.1) is 11.3 Å². The molecule has 0 spiro atoms. The first kappa shape index (κ1) is 11.2. The van der Waals surface area contributed by atoms with Gasteiger partial charge in [0.15, 0.2) is 5.82 Å². The zero-order valence-electron chi connectivity index (χ0n) is 10.00. The van der Waals surface area contributed by atoms with Crippen molar-refractivity contribution in [2.75, 3.05) is 11.9 Å². The molecule has 3 heterocycles. The van der Waals surface area contributed by atoms with E-state index < -0.39 is 0 Å². The second-order valence-electron chi connectivity index (χ2n) is 3.99. The number of thiazole rings is 1. The normalized spacial score (nSPS) is 10.9. The van der Waals surface area contributed by atoms with Crippen LogP contribution in [-0.2, 0) is 13.5 Å². The van der Waals surface area contributed by atoms with E-state index in [1.165, 1.54) is 0 Å². The SMILES string of the molecule is Cn1cnc2c(NCCc3nccs3)nccc21. The lowest BCUT2D eigenvalue weighted by Gasteiger charge is -2.04. The third-order valence-electron chi connectivity index (χ3n) is 2.76. The van der Waals surface area contributed by atoms with E-state index in [9.17, 15) is 0 Å². The Labute approximate surface area is 109 Å². The lowest BCUT2D eigenvalue weighted by Crippen LogP contribution is -2.06. The maximum absolute atomic E-state index is 4.36. The van der Waals surface area contributed by atoms with E-state index >= 15 is 0 Å². The van der Waals surface area contributed by atoms with Gasteiger partial charge in [0, 0.05) is 37.8 Å². The summed E-state index contributed by atoms with van der Waals surface area (Å²) < 4.78 is 1.99. The Morgan fingerprint density at radius 1 is 1.28 bits per heavy atom. The van der Waals surface area contributed by atoms with Gasteiger partial charge in [0.25, 0.3) is 0 Å². The third kappa shape index (κ3) is 2.06. The number of aryl methyl sites for hydroxylation is 1. The van der Waals surface area contributed by atoms with Crippen molar-refractivity contribution in [3.05, 3.63) is 35.2 Å². The zero-order valence-corrected chi connectivity index (χ0v) is 10.8. The standard InChI is InChI=1S/C12H13N5S/c1-17-8-16-11-9(17)2-4-14-12(11)15-5-3-10-13-6-7-18-10/h2,4,6-8H,3,5H2,1H3,(H,14,15). The Morgan fingerprint density at radius 3 is 3.06 bits per heavy atom. The topological polar surface area (TPSA) is 55.6 Å². The number of nitrogens with one attached hydrogen (secondary N) is 1. The van der Waals surface area contributed by atoms with Gasteiger partial charge in [-0.3, -0.25) is 0 Å². The molecule has 0 aliphatic heterocycles. The monoisotopic (exact) mass is 259 g/mol. The molecule has 18 heavy (non-hydrogen) atoms. The first-order valence-electron chi connectivity index (χ1n) is 5.73. The van der Waals surface area contributed by atoms with E-state index in [2.05, 4.69) is 20.3 Å². The Balaban J connectivity index is 1.74. The second kappa shape index (κ2) is 4.73. The van der Waals surface area contributed by atoms with E-state index in [1.807, 2.05) is 29.3 Å². The van der Waals surface area contributed by atoms with Gasteiger partial charge in [-0.05, 0) is 6.07 Å². The van der Waals surface area contributed by atoms with Gasteiger partial charge in [-0.25, -0.2) is 15.0 Å². The highest BCUT2D eigenvalue weighted by molar-refractivity contribution is 7.09. The lowest BCUT2D eigenvalue weighted by molar-refractivity contribution is 0.947. The average molecular weight is 259 g/mol. The number of anilines is 1. The summed E-state index contributed by atoms with van der Waals surface area (Å²) in [6.45, 7) is 0.816. The summed E-state index contributed by atoms with van der Waals surface area (Å²) in [7, 11) is 1.98. The van der Waals surface area contributed by atoms with Crippen LogP contribution in [0.2, 0.25) is 0 Å². The Hall–Kier alpha value is -1.95. The molecule has 3 aromatic rings. The van der Waals surface area contributed by atoms with Crippen molar-refractivity contribution in [2.45, 2.75) is 6.42 Å². The fourth-order valence-electron chi connectivity index (χ4n) is 1.86. The molecule has 0 saturated carbocycles. The third-order valence-corrected chi connectivity index (χ3v) is 3.60. The van der Waals surface area contributed by atoms with Crippen LogP contribution in [0, 0.1) is 0 Å². The molecule has 3 aromatic heterocycles. The Bertz CT molecular complexity index is 644. The smallest absolute Gasteiger partial charge is 0.154 e. The number of imidazole rings is 1. The maximum Gasteiger partial charge on any atom is 0.154 e. The minimum Gasteiger partial charge on any atom is -0.368 e. The van der Waals surface area contributed by atoms with Crippen molar-refractivity contribution in [2.24, 2.45) is 7.05 Å². The first-order chi connectivity index (χ1) is 8.84. The fraction of sp³-hybridized carbons (Fsp3) is 0.250. The molecule has 3 rings (SSSR count). The van der Waals surface area contributed by atoms with Crippen molar-refractivity contribution in [1.29, 1.82) is 0 Å². The molecule has 5 nitrogen and oxygen atoms in total. The minimum atomic E-state index is 0.816. The van der Waals surface area contributed by atoms with Crippen LogP contribution in [0.15, 0.2) is 30.2 Å². The molecule has 92 valence electrons. The molecule has 0 radical (unpaired) electrons. The number of hydrogen-bond acceptors (Lipinski definition) is 5.